The molecule has 0 radical (unpaired) electrons. The van der Waals surface area contributed by atoms with Crippen LogP contribution < -0.4 is 4.90 Å². The predicted octanol–water partition coefficient (Wildman–Crippen LogP) is 0.273. The van der Waals surface area contributed by atoms with Crippen LogP contribution in [0.25, 0.3) is 0 Å². The minimum absolute atomic E-state index is 0.0189. The van der Waals surface area contributed by atoms with E-state index in [9.17, 15) is 33.6 Å². The van der Waals surface area contributed by atoms with E-state index in [1.165, 1.54) is 24.3 Å². The first-order valence-electron chi connectivity index (χ1n) is 8.78. The summed E-state index contributed by atoms with van der Waals surface area (Å²) in [7, 11) is 0. The number of carbonyl (C=O) groups is 7. The summed E-state index contributed by atoms with van der Waals surface area (Å²) in [5.74, 6) is -5.24. The van der Waals surface area contributed by atoms with Crippen LogP contribution >= 0.6 is 0 Å². The molecular weight excluding hydrogens is 416 g/mol. The van der Waals surface area contributed by atoms with Gasteiger partial charge in [0, 0.05) is 25.0 Å². The maximum absolute atomic E-state index is 11.3. The summed E-state index contributed by atoms with van der Waals surface area (Å²) >= 11 is 0. The summed E-state index contributed by atoms with van der Waals surface area (Å²) in [5.41, 5.74) is 0.296. The molecule has 1 fully saturated rings. The molecule has 0 saturated carbocycles. The van der Waals surface area contributed by atoms with Crippen LogP contribution in [-0.4, -0.2) is 56.8 Å². The normalized spacial score (nSPS) is 15.1. The molecule has 0 spiro atoms. The van der Waals surface area contributed by atoms with E-state index in [0.29, 0.717) is 5.06 Å². The van der Waals surface area contributed by atoms with Crippen molar-refractivity contribution in [2.24, 2.45) is 0 Å². The van der Waals surface area contributed by atoms with Crippen molar-refractivity contribution < 1.29 is 48.6 Å². The second kappa shape index (κ2) is 9.91. The van der Waals surface area contributed by atoms with Crippen LogP contribution in [0.15, 0.2) is 36.4 Å². The van der Waals surface area contributed by atoms with E-state index >= 15 is 0 Å². The number of anilines is 1. The van der Waals surface area contributed by atoms with E-state index in [1.54, 1.807) is 0 Å². The van der Waals surface area contributed by atoms with Crippen LogP contribution in [-0.2, 0) is 33.6 Å². The van der Waals surface area contributed by atoms with Gasteiger partial charge in [-0.1, -0.05) is 6.07 Å². The molecule has 4 amide bonds. The van der Waals surface area contributed by atoms with Gasteiger partial charge in [0.15, 0.2) is 0 Å². The first-order chi connectivity index (χ1) is 14.6. The lowest BCUT2D eigenvalue weighted by atomic mass is 10.2. The zero-order valence-electron chi connectivity index (χ0n) is 15.8. The molecule has 1 aromatic rings. The lowest BCUT2D eigenvalue weighted by Crippen LogP contribution is -2.32. The smallest absolute Gasteiger partial charge is 0.335 e. The van der Waals surface area contributed by atoms with E-state index in [2.05, 4.69) is 4.84 Å². The Labute approximate surface area is 174 Å². The van der Waals surface area contributed by atoms with Crippen molar-refractivity contribution in [3.63, 3.8) is 0 Å². The summed E-state index contributed by atoms with van der Waals surface area (Å²) in [6.07, 6.45) is 1.57. The van der Waals surface area contributed by atoms with Gasteiger partial charge < -0.3 is 15.1 Å². The lowest BCUT2D eigenvalue weighted by molar-refractivity contribution is -0.197. The van der Waals surface area contributed by atoms with E-state index in [1.807, 2.05) is 0 Å². The molecule has 162 valence electrons. The van der Waals surface area contributed by atoms with Crippen molar-refractivity contribution in [1.29, 1.82) is 0 Å². The molecule has 12 nitrogen and oxygen atoms in total. The fourth-order valence-corrected chi connectivity index (χ4v) is 2.45. The third-order valence-corrected chi connectivity index (χ3v) is 3.90. The van der Waals surface area contributed by atoms with Gasteiger partial charge in [0.05, 0.1) is 24.1 Å². The Hall–Kier alpha value is -4.35. The van der Waals surface area contributed by atoms with Crippen LogP contribution in [0, 0.1) is 0 Å². The maximum atomic E-state index is 11.3. The number of carboxylic acid groups (broad SMARTS) is 2. The Morgan fingerprint density at radius 1 is 0.903 bits per heavy atom. The molecule has 2 N–H and O–H groups in total. The number of nitrogens with zero attached hydrogens (tertiary/aromatic N) is 2. The van der Waals surface area contributed by atoms with Gasteiger partial charge in [-0.15, -0.1) is 5.06 Å². The highest BCUT2D eigenvalue weighted by molar-refractivity contribution is 6.28. The highest BCUT2D eigenvalue weighted by atomic mass is 16.7. The Balaban J connectivity index is 0.000000221. The highest BCUT2D eigenvalue weighted by Gasteiger charge is 2.32. The molecule has 0 bridgehead atoms. The number of rotatable bonds is 6. The number of imide groups is 2. The molecule has 12 heteroatoms. The zero-order valence-corrected chi connectivity index (χ0v) is 15.8. The first kappa shape index (κ1) is 22.9. The number of hydroxylamine groups is 2. The van der Waals surface area contributed by atoms with Gasteiger partial charge in [-0.25, -0.2) is 14.5 Å². The molecule has 2 aliphatic heterocycles. The second-order valence-corrected chi connectivity index (χ2v) is 6.14. The highest BCUT2D eigenvalue weighted by Crippen LogP contribution is 2.20. The molecule has 1 aromatic carbocycles. The first-order valence-corrected chi connectivity index (χ1v) is 8.78. The van der Waals surface area contributed by atoms with Gasteiger partial charge in [-0.2, -0.15) is 0 Å². The molecule has 3 rings (SSSR count). The van der Waals surface area contributed by atoms with Crippen molar-refractivity contribution in [3.05, 3.63) is 42.0 Å². The van der Waals surface area contributed by atoms with E-state index in [4.69, 9.17) is 10.2 Å². The lowest BCUT2D eigenvalue weighted by Gasteiger charge is -2.13. The van der Waals surface area contributed by atoms with Gasteiger partial charge in [-0.05, 0) is 18.2 Å². The second-order valence-electron chi connectivity index (χ2n) is 6.14. The SMILES string of the molecule is O=C(O)CCC(=O)ON1C(=O)CCC1=O.O=C(O)c1cccc(N2C(=O)C=CC2=O)c1. The number of amides is 4. The molecule has 0 aliphatic carbocycles. The summed E-state index contributed by atoms with van der Waals surface area (Å²) < 4.78 is 0. The zero-order chi connectivity index (χ0) is 23.1. The Morgan fingerprint density at radius 3 is 2.00 bits per heavy atom. The molecule has 31 heavy (non-hydrogen) atoms. The minimum atomic E-state index is -1.15. The van der Waals surface area contributed by atoms with Crippen LogP contribution in [0.1, 0.15) is 36.0 Å². The van der Waals surface area contributed by atoms with Crippen molar-refractivity contribution >= 4 is 47.2 Å². The molecule has 0 aromatic heterocycles. The van der Waals surface area contributed by atoms with Gasteiger partial charge in [0.25, 0.3) is 23.6 Å². The standard InChI is InChI=1S/C11H7NO4.C8H9NO6/c13-9-4-5-10(14)12(9)8-3-1-2-7(6-8)11(15)16;10-5-1-2-6(11)9(5)15-8(14)4-3-7(12)13/h1-6H,(H,15,16);1-4H2,(H,12,13). The van der Waals surface area contributed by atoms with E-state index in [0.717, 1.165) is 17.1 Å². The number of hydrogen-bond acceptors (Lipinski definition) is 8. The van der Waals surface area contributed by atoms with Crippen molar-refractivity contribution in [3.8, 4) is 0 Å². The minimum Gasteiger partial charge on any atom is -0.481 e. The van der Waals surface area contributed by atoms with Crippen molar-refractivity contribution in [2.75, 3.05) is 4.90 Å². The average Bonchev–Trinajstić information content (AvgIpc) is 3.22. The molecular formula is C19H16N2O10. The summed E-state index contributed by atoms with van der Waals surface area (Å²) in [5, 5.41) is 17.4. The molecule has 0 unspecified atom stereocenters. The third-order valence-electron chi connectivity index (χ3n) is 3.90. The summed E-state index contributed by atoms with van der Waals surface area (Å²) in [4.78, 5) is 81.8. The molecule has 0 atom stereocenters. The van der Waals surface area contributed by atoms with Crippen LogP contribution in [0.3, 0.4) is 0 Å². The fourth-order valence-electron chi connectivity index (χ4n) is 2.45. The van der Waals surface area contributed by atoms with Gasteiger partial charge in [0.1, 0.15) is 0 Å². The van der Waals surface area contributed by atoms with Gasteiger partial charge in [0.2, 0.25) is 0 Å². The van der Waals surface area contributed by atoms with E-state index in [-0.39, 0.29) is 30.5 Å². The number of aromatic carboxylic acids is 1. The monoisotopic (exact) mass is 432 g/mol. The Bertz CT molecular complexity index is 963. The Kier molecular flexibility index (Phi) is 7.33. The molecule has 2 heterocycles. The number of carboxylic acids is 2. The van der Waals surface area contributed by atoms with Crippen LogP contribution in [0.4, 0.5) is 5.69 Å². The average molecular weight is 432 g/mol. The van der Waals surface area contributed by atoms with Crippen LogP contribution in [0.5, 0.6) is 0 Å². The van der Waals surface area contributed by atoms with Crippen molar-refractivity contribution in [2.45, 2.75) is 25.7 Å². The fraction of sp³-hybridized carbons (Fsp3) is 0.211. The number of carbonyl (C=O) groups excluding carboxylic acids is 5. The predicted molar refractivity (Wildman–Crippen MR) is 99.1 cm³/mol. The van der Waals surface area contributed by atoms with Gasteiger partial charge >= 0.3 is 17.9 Å². The largest absolute Gasteiger partial charge is 0.481 e. The molecule has 1 saturated heterocycles. The third kappa shape index (κ3) is 6.06. The maximum Gasteiger partial charge on any atom is 0.335 e. The van der Waals surface area contributed by atoms with Crippen molar-refractivity contribution in [1.82, 2.24) is 5.06 Å². The summed E-state index contributed by atoms with van der Waals surface area (Å²) in [6.45, 7) is 0. The topological polar surface area (TPSA) is 176 Å². The molecule has 2 aliphatic rings. The summed E-state index contributed by atoms with van der Waals surface area (Å²) in [6, 6.07) is 5.67. The number of aliphatic carboxylic acids is 1. The number of benzene rings is 1. The van der Waals surface area contributed by atoms with E-state index < -0.39 is 48.0 Å². The Morgan fingerprint density at radius 2 is 1.48 bits per heavy atom. The van der Waals surface area contributed by atoms with Gasteiger partial charge in [-0.3, -0.25) is 24.0 Å². The number of hydrogen-bond donors (Lipinski definition) is 2. The van der Waals surface area contributed by atoms with Crippen LogP contribution in [0.2, 0.25) is 0 Å². The quantitative estimate of drug-likeness (QED) is 0.593.